The quantitative estimate of drug-likeness (QED) is 0.811. The summed E-state index contributed by atoms with van der Waals surface area (Å²) in [5.41, 5.74) is -0.164. The van der Waals surface area contributed by atoms with Gasteiger partial charge in [0.15, 0.2) is 0 Å². The van der Waals surface area contributed by atoms with Gasteiger partial charge < -0.3 is 15.4 Å². The van der Waals surface area contributed by atoms with E-state index in [1.165, 1.54) is 0 Å². The molecule has 2 aliphatic heterocycles. The van der Waals surface area contributed by atoms with Crippen LogP contribution in [-0.2, 0) is 4.74 Å². The number of amides is 1. The van der Waals surface area contributed by atoms with Crippen LogP contribution in [0.15, 0.2) is 18.2 Å². The number of carbonyl (C=O) groups excluding carboxylic acids is 1. The molecule has 0 saturated carbocycles. The summed E-state index contributed by atoms with van der Waals surface area (Å²) in [6.07, 6.45) is 1.15. The Morgan fingerprint density at radius 2 is 2.00 bits per heavy atom. The highest BCUT2D eigenvalue weighted by Crippen LogP contribution is 2.40. The van der Waals surface area contributed by atoms with Crippen LogP contribution in [-0.4, -0.2) is 44.9 Å². The van der Waals surface area contributed by atoms with Gasteiger partial charge in [-0.2, -0.15) is 0 Å². The first kappa shape index (κ1) is 18.9. The minimum Gasteiger partial charge on any atom is -0.381 e. The Balaban J connectivity index is 1.70. The first-order chi connectivity index (χ1) is 12.0. The Hall–Kier alpha value is -0.880. The van der Waals surface area contributed by atoms with Crippen molar-refractivity contribution in [2.45, 2.75) is 25.4 Å². The van der Waals surface area contributed by atoms with Gasteiger partial charge in [-0.1, -0.05) is 23.2 Å². The second kappa shape index (κ2) is 8.21. The number of hydrogen-bond donors (Lipinski definition) is 2. The summed E-state index contributed by atoms with van der Waals surface area (Å²) in [5, 5.41) is 6.98. The van der Waals surface area contributed by atoms with E-state index in [1.54, 1.807) is 18.2 Å². The summed E-state index contributed by atoms with van der Waals surface area (Å²) in [6, 6.07) is 4.71. The molecule has 0 aromatic heterocycles. The van der Waals surface area contributed by atoms with Gasteiger partial charge in [0.25, 0.3) is 5.91 Å². The van der Waals surface area contributed by atoms with Gasteiger partial charge >= 0.3 is 0 Å². The Kier molecular flexibility index (Phi) is 6.21. The summed E-state index contributed by atoms with van der Waals surface area (Å²) in [5.74, 6) is -0.368. The molecule has 0 aliphatic carbocycles. The Labute approximate surface area is 157 Å². The van der Waals surface area contributed by atoms with Gasteiger partial charge in [0.1, 0.15) is 6.17 Å². The summed E-state index contributed by atoms with van der Waals surface area (Å²) >= 11 is 11.9. The predicted octanol–water partition coefficient (Wildman–Crippen LogP) is 3.47. The molecular weight excluding hydrogens is 366 g/mol. The smallest absolute Gasteiger partial charge is 0.251 e. The minimum atomic E-state index is -0.986. The van der Waals surface area contributed by atoms with Crippen molar-refractivity contribution in [1.29, 1.82) is 0 Å². The molecule has 1 aromatic rings. The molecule has 1 amide bonds. The van der Waals surface area contributed by atoms with Crippen molar-refractivity contribution in [2.75, 3.05) is 32.8 Å². The van der Waals surface area contributed by atoms with Crippen LogP contribution in [0.2, 0.25) is 10.0 Å². The van der Waals surface area contributed by atoms with E-state index >= 15 is 4.39 Å². The first-order valence-corrected chi connectivity index (χ1v) is 9.43. The second-order valence-corrected chi connectivity index (χ2v) is 7.85. The van der Waals surface area contributed by atoms with Crippen LogP contribution in [0.3, 0.4) is 0 Å². The summed E-state index contributed by atoms with van der Waals surface area (Å²) in [6.45, 7) is 2.90. The normalized spacial score (nSPS) is 24.0. The molecule has 2 saturated heterocycles. The molecule has 138 valence electrons. The van der Waals surface area contributed by atoms with Crippen LogP contribution < -0.4 is 10.6 Å². The Morgan fingerprint density at radius 3 is 2.60 bits per heavy atom. The fourth-order valence-corrected chi connectivity index (χ4v) is 4.33. The van der Waals surface area contributed by atoms with Gasteiger partial charge in [0, 0.05) is 40.1 Å². The van der Waals surface area contributed by atoms with Gasteiger partial charge in [0.2, 0.25) is 0 Å². The molecule has 2 aliphatic rings. The van der Waals surface area contributed by atoms with E-state index in [1.807, 2.05) is 0 Å². The molecule has 2 fully saturated rings. The Morgan fingerprint density at radius 1 is 1.32 bits per heavy atom. The van der Waals surface area contributed by atoms with Crippen LogP contribution in [0, 0.1) is 11.3 Å². The molecule has 7 heteroatoms. The molecule has 0 spiro atoms. The van der Waals surface area contributed by atoms with Gasteiger partial charge in [-0.15, -0.1) is 0 Å². The number of hydrogen-bond acceptors (Lipinski definition) is 3. The predicted molar refractivity (Wildman–Crippen MR) is 97.2 cm³/mol. The van der Waals surface area contributed by atoms with Crippen molar-refractivity contribution in [2.24, 2.45) is 11.3 Å². The molecule has 1 aromatic carbocycles. The highest BCUT2D eigenvalue weighted by molar-refractivity contribution is 6.35. The van der Waals surface area contributed by atoms with Crippen molar-refractivity contribution in [3.63, 3.8) is 0 Å². The van der Waals surface area contributed by atoms with Crippen molar-refractivity contribution >= 4 is 29.1 Å². The van der Waals surface area contributed by atoms with E-state index in [-0.39, 0.29) is 11.8 Å². The number of alkyl halides is 1. The topological polar surface area (TPSA) is 50.4 Å². The van der Waals surface area contributed by atoms with Crippen LogP contribution in [0.25, 0.3) is 0 Å². The number of ether oxygens (including phenoxy) is 1. The van der Waals surface area contributed by atoms with Crippen LogP contribution in [0.5, 0.6) is 0 Å². The first-order valence-electron chi connectivity index (χ1n) is 8.67. The van der Waals surface area contributed by atoms with Gasteiger partial charge in [0.05, 0.1) is 6.61 Å². The maximum atomic E-state index is 15.3. The maximum absolute atomic E-state index is 15.3. The number of benzene rings is 1. The number of rotatable bonds is 5. The van der Waals surface area contributed by atoms with Gasteiger partial charge in [-0.25, -0.2) is 4.39 Å². The number of halogens is 3. The zero-order valence-corrected chi connectivity index (χ0v) is 15.5. The van der Waals surface area contributed by atoms with Crippen molar-refractivity contribution < 1.29 is 13.9 Å². The summed E-state index contributed by atoms with van der Waals surface area (Å²) in [4.78, 5) is 12.5. The maximum Gasteiger partial charge on any atom is 0.251 e. The number of piperidine rings is 1. The third kappa shape index (κ3) is 4.45. The lowest BCUT2D eigenvalue weighted by Gasteiger charge is -2.42. The van der Waals surface area contributed by atoms with E-state index < -0.39 is 11.6 Å². The fourth-order valence-electron chi connectivity index (χ4n) is 3.80. The molecule has 2 unspecified atom stereocenters. The third-order valence-electron chi connectivity index (χ3n) is 5.29. The molecule has 3 rings (SSSR count). The fraction of sp³-hybridized carbons (Fsp3) is 0.611. The zero-order chi connectivity index (χ0) is 17.9. The van der Waals surface area contributed by atoms with Crippen molar-refractivity contribution in [1.82, 2.24) is 10.6 Å². The standard InChI is InChI=1S/C18H23Cl2FN2O2/c19-14-7-13(8-15(20)9-14)17(24)23-11-18(2-4-22-5-3-18)16(21)12-1-6-25-10-12/h7-9,12,16,22H,1-6,10-11H2,(H,23,24). The van der Waals surface area contributed by atoms with E-state index in [4.69, 9.17) is 27.9 Å². The molecular formula is C18H23Cl2FN2O2. The van der Waals surface area contributed by atoms with Crippen molar-refractivity contribution in [3.05, 3.63) is 33.8 Å². The molecule has 2 N–H and O–H groups in total. The van der Waals surface area contributed by atoms with E-state index in [9.17, 15) is 4.79 Å². The van der Waals surface area contributed by atoms with E-state index in [0.717, 1.165) is 19.5 Å². The molecule has 2 heterocycles. The average Bonchev–Trinajstić information content (AvgIpc) is 3.13. The Bertz CT molecular complexity index is 597. The number of nitrogens with one attached hydrogen (secondary N) is 2. The van der Waals surface area contributed by atoms with Gasteiger partial charge in [-0.3, -0.25) is 4.79 Å². The molecule has 2 atom stereocenters. The second-order valence-electron chi connectivity index (χ2n) is 6.98. The largest absolute Gasteiger partial charge is 0.381 e. The van der Waals surface area contributed by atoms with E-state index in [0.29, 0.717) is 48.2 Å². The van der Waals surface area contributed by atoms with Crippen LogP contribution in [0.1, 0.15) is 29.6 Å². The van der Waals surface area contributed by atoms with Crippen LogP contribution in [0.4, 0.5) is 4.39 Å². The average molecular weight is 389 g/mol. The third-order valence-corrected chi connectivity index (χ3v) is 5.73. The lowest BCUT2D eigenvalue weighted by Crippen LogP contribution is -2.52. The monoisotopic (exact) mass is 388 g/mol. The highest BCUT2D eigenvalue weighted by atomic mass is 35.5. The molecule has 4 nitrogen and oxygen atoms in total. The highest BCUT2D eigenvalue weighted by Gasteiger charge is 2.45. The number of carbonyl (C=O) groups is 1. The zero-order valence-electron chi connectivity index (χ0n) is 14.0. The lowest BCUT2D eigenvalue weighted by atomic mass is 9.70. The van der Waals surface area contributed by atoms with E-state index in [2.05, 4.69) is 10.6 Å². The SMILES string of the molecule is O=C(NCC1(C(F)C2CCOC2)CCNCC1)c1cc(Cl)cc(Cl)c1. The van der Waals surface area contributed by atoms with Crippen molar-refractivity contribution in [3.8, 4) is 0 Å². The van der Waals surface area contributed by atoms with Gasteiger partial charge in [-0.05, 0) is 50.6 Å². The summed E-state index contributed by atoms with van der Waals surface area (Å²) < 4.78 is 20.7. The lowest BCUT2D eigenvalue weighted by molar-refractivity contribution is 0.0206. The minimum absolute atomic E-state index is 0.0874. The summed E-state index contributed by atoms with van der Waals surface area (Å²) in [7, 11) is 0. The molecule has 25 heavy (non-hydrogen) atoms. The van der Waals surface area contributed by atoms with Crippen LogP contribution >= 0.6 is 23.2 Å². The molecule has 0 radical (unpaired) electrons. The molecule has 0 bridgehead atoms.